The van der Waals surface area contributed by atoms with Gasteiger partial charge in [-0.1, -0.05) is 30.4 Å². The highest BCUT2D eigenvalue weighted by Crippen LogP contribution is 2.33. The van der Waals surface area contributed by atoms with E-state index in [4.69, 9.17) is 0 Å². The molecule has 1 aromatic heterocycles. The molecule has 0 radical (unpaired) electrons. The summed E-state index contributed by atoms with van der Waals surface area (Å²) in [5.74, 6) is 0. The number of nitrogens with one attached hydrogen (secondary N) is 1. The van der Waals surface area contributed by atoms with Gasteiger partial charge in [0.1, 0.15) is 0 Å². The van der Waals surface area contributed by atoms with Crippen LogP contribution in [-0.2, 0) is 0 Å². The first kappa shape index (κ1) is 11.3. The van der Waals surface area contributed by atoms with Crippen molar-refractivity contribution in [2.24, 2.45) is 0 Å². The standard InChI is InChI=1S/C14H13N3S/c1-2-4-6-12(7-5-3-1)17-11-16-18-14-10-15-9-8-13(14)17/h1-10,16H,11H2. The van der Waals surface area contributed by atoms with Crippen LogP contribution in [0.15, 0.2) is 71.6 Å². The molecule has 0 unspecified atom stereocenters. The lowest BCUT2D eigenvalue weighted by atomic mass is 10.2. The summed E-state index contributed by atoms with van der Waals surface area (Å²) in [5.41, 5.74) is 2.36. The van der Waals surface area contributed by atoms with E-state index in [9.17, 15) is 0 Å². The Morgan fingerprint density at radius 1 is 1.17 bits per heavy atom. The first-order chi connectivity index (χ1) is 8.95. The van der Waals surface area contributed by atoms with Crippen molar-refractivity contribution in [3.8, 4) is 0 Å². The third-order valence-electron chi connectivity index (χ3n) is 2.75. The van der Waals surface area contributed by atoms with Crippen molar-refractivity contribution in [3.05, 3.63) is 66.7 Å². The molecule has 2 aliphatic rings. The molecule has 18 heavy (non-hydrogen) atoms. The highest BCUT2D eigenvalue weighted by molar-refractivity contribution is 7.97. The summed E-state index contributed by atoms with van der Waals surface area (Å²) in [5, 5.41) is 0. The number of hydrogen-bond acceptors (Lipinski definition) is 4. The zero-order chi connectivity index (χ0) is 12.2. The van der Waals surface area contributed by atoms with Gasteiger partial charge in [0.25, 0.3) is 0 Å². The van der Waals surface area contributed by atoms with Crippen molar-refractivity contribution in [1.29, 1.82) is 0 Å². The molecule has 0 saturated carbocycles. The summed E-state index contributed by atoms with van der Waals surface area (Å²) in [6, 6.07) is 2.05. The molecular formula is C14H13N3S. The summed E-state index contributed by atoms with van der Waals surface area (Å²) in [4.78, 5) is 7.56. The van der Waals surface area contributed by atoms with Crippen molar-refractivity contribution >= 4 is 17.6 Å². The Morgan fingerprint density at radius 2 is 2.06 bits per heavy atom. The minimum atomic E-state index is 0.787. The number of allylic oxidation sites excluding steroid dienone is 7. The van der Waals surface area contributed by atoms with Crippen LogP contribution in [0.5, 0.6) is 0 Å². The molecule has 1 N–H and O–H groups in total. The molecule has 0 fully saturated rings. The minimum Gasteiger partial charge on any atom is -0.326 e. The van der Waals surface area contributed by atoms with E-state index in [1.165, 1.54) is 5.69 Å². The van der Waals surface area contributed by atoms with E-state index in [0.29, 0.717) is 0 Å². The highest BCUT2D eigenvalue weighted by atomic mass is 32.2. The van der Waals surface area contributed by atoms with Crippen molar-refractivity contribution in [1.82, 2.24) is 9.71 Å². The van der Waals surface area contributed by atoms with Crippen molar-refractivity contribution in [2.75, 3.05) is 11.6 Å². The lowest BCUT2D eigenvalue weighted by Gasteiger charge is -2.31. The van der Waals surface area contributed by atoms with E-state index in [2.05, 4.69) is 45.0 Å². The summed E-state index contributed by atoms with van der Waals surface area (Å²) in [6.07, 6.45) is 18.1. The lowest BCUT2D eigenvalue weighted by Crippen LogP contribution is -2.33. The molecule has 1 aliphatic heterocycles. The van der Waals surface area contributed by atoms with Crippen LogP contribution in [0.4, 0.5) is 5.69 Å². The van der Waals surface area contributed by atoms with Gasteiger partial charge >= 0.3 is 0 Å². The van der Waals surface area contributed by atoms with E-state index < -0.39 is 0 Å². The zero-order valence-corrected chi connectivity index (χ0v) is 10.6. The summed E-state index contributed by atoms with van der Waals surface area (Å²) in [7, 11) is 0. The summed E-state index contributed by atoms with van der Waals surface area (Å²) < 4.78 is 3.31. The quantitative estimate of drug-likeness (QED) is 0.781. The predicted octanol–water partition coefficient (Wildman–Crippen LogP) is 3.02. The Morgan fingerprint density at radius 3 is 3.06 bits per heavy atom. The molecule has 0 bridgehead atoms. The second-order valence-corrected chi connectivity index (χ2v) is 4.83. The zero-order valence-electron chi connectivity index (χ0n) is 9.78. The Balaban J connectivity index is 1.98. The van der Waals surface area contributed by atoms with Gasteiger partial charge in [-0.2, -0.15) is 0 Å². The summed E-state index contributed by atoms with van der Waals surface area (Å²) >= 11 is 1.63. The van der Waals surface area contributed by atoms with Crippen molar-refractivity contribution < 1.29 is 0 Å². The molecule has 0 aromatic carbocycles. The van der Waals surface area contributed by atoms with Gasteiger partial charge in [-0.3, -0.25) is 4.98 Å². The molecule has 1 aromatic rings. The van der Waals surface area contributed by atoms with Gasteiger partial charge in [0.05, 0.1) is 17.3 Å². The third-order valence-corrected chi connectivity index (χ3v) is 3.56. The predicted molar refractivity (Wildman–Crippen MR) is 76.1 cm³/mol. The van der Waals surface area contributed by atoms with Gasteiger partial charge in [0, 0.05) is 18.1 Å². The lowest BCUT2D eigenvalue weighted by molar-refractivity contribution is 0.856. The molecular weight excluding hydrogens is 242 g/mol. The molecule has 0 atom stereocenters. The van der Waals surface area contributed by atoms with Crippen molar-refractivity contribution in [3.63, 3.8) is 0 Å². The normalized spacial score (nSPS) is 18.0. The van der Waals surface area contributed by atoms with Crippen LogP contribution in [0.1, 0.15) is 0 Å². The second-order valence-electron chi connectivity index (χ2n) is 3.90. The van der Waals surface area contributed by atoms with Crippen LogP contribution < -0.4 is 9.62 Å². The van der Waals surface area contributed by atoms with E-state index in [1.54, 1.807) is 11.9 Å². The smallest absolute Gasteiger partial charge is 0.0827 e. The summed E-state index contributed by atoms with van der Waals surface area (Å²) in [6.45, 7) is 0.787. The number of fused-ring (bicyclic) bond motifs is 1. The molecule has 90 valence electrons. The van der Waals surface area contributed by atoms with E-state index >= 15 is 0 Å². The van der Waals surface area contributed by atoms with Crippen LogP contribution in [0.25, 0.3) is 0 Å². The molecule has 0 spiro atoms. The minimum absolute atomic E-state index is 0.787. The largest absolute Gasteiger partial charge is 0.326 e. The fourth-order valence-electron chi connectivity index (χ4n) is 1.90. The number of rotatable bonds is 1. The highest BCUT2D eigenvalue weighted by Gasteiger charge is 2.18. The Labute approximate surface area is 111 Å². The maximum atomic E-state index is 4.16. The Kier molecular flexibility index (Phi) is 3.30. The van der Waals surface area contributed by atoms with Crippen LogP contribution in [0.3, 0.4) is 0 Å². The first-order valence-electron chi connectivity index (χ1n) is 5.78. The van der Waals surface area contributed by atoms with E-state index in [0.717, 1.165) is 17.3 Å². The molecule has 0 saturated heterocycles. The average molecular weight is 255 g/mol. The fourth-order valence-corrected chi connectivity index (χ4v) is 2.65. The molecule has 3 nitrogen and oxygen atoms in total. The van der Waals surface area contributed by atoms with Crippen molar-refractivity contribution in [2.45, 2.75) is 4.90 Å². The number of nitrogens with zero attached hydrogens (tertiary/aromatic N) is 2. The van der Waals surface area contributed by atoms with Gasteiger partial charge in [0.2, 0.25) is 0 Å². The number of anilines is 1. The van der Waals surface area contributed by atoms with Crippen LogP contribution in [0.2, 0.25) is 0 Å². The maximum absolute atomic E-state index is 4.16. The molecule has 4 heteroatoms. The Bertz CT molecular complexity index is 558. The first-order valence-corrected chi connectivity index (χ1v) is 6.60. The van der Waals surface area contributed by atoms with Gasteiger partial charge in [-0.05, 0) is 30.2 Å². The van der Waals surface area contributed by atoms with E-state index in [-0.39, 0.29) is 0 Å². The van der Waals surface area contributed by atoms with Gasteiger partial charge in [-0.25, -0.2) is 4.72 Å². The SMILES string of the molecule is C1=CC=CC(N2CNSc3cnccc32)=CC=C1. The number of pyridine rings is 1. The third kappa shape index (κ3) is 2.25. The van der Waals surface area contributed by atoms with Crippen LogP contribution >= 0.6 is 11.9 Å². The van der Waals surface area contributed by atoms with Crippen LogP contribution in [0, 0.1) is 0 Å². The molecule has 1 aliphatic carbocycles. The average Bonchev–Trinajstić information content (AvgIpc) is 2.38. The fraction of sp³-hybridized carbons (Fsp3) is 0.0714. The monoisotopic (exact) mass is 255 g/mol. The van der Waals surface area contributed by atoms with E-state index in [1.807, 2.05) is 30.6 Å². The maximum Gasteiger partial charge on any atom is 0.0827 e. The second kappa shape index (κ2) is 5.25. The van der Waals surface area contributed by atoms with Crippen LogP contribution in [-0.4, -0.2) is 11.7 Å². The Hall–Kier alpha value is -1.78. The number of aromatic nitrogens is 1. The molecule has 0 amide bonds. The van der Waals surface area contributed by atoms with Gasteiger partial charge in [0.15, 0.2) is 0 Å². The van der Waals surface area contributed by atoms with Gasteiger partial charge in [-0.15, -0.1) is 0 Å². The molecule has 2 heterocycles. The number of hydrogen-bond donors (Lipinski definition) is 1. The topological polar surface area (TPSA) is 28.2 Å². The molecule has 3 rings (SSSR count). The van der Waals surface area contributed by atoms with Gasteiger partial charge < -0.3 is 4.90 Å².